The zero-order chi connectivity index (χ0) is 14.6. The number of benzene rings is 1. The molecule has 0 saturated heterocycles. The summed E-state index contributed by atoms with van der Waals surface area (Å²) >= 11 is -0.166. The fraction of sp³-hybridized carbons (Fsp3) is 0.214. The van der Waals surface area contributed by atoms with Crippen molar-refractivity contribution < 1.29 is 18.3 Å². The lowest BCUT2D eigenvalue weighted by molar-refractivity contribution is -0.0328. The fourth-order valence-electron chi connectivity index (χ4n) is 1.75. The summed E-state index contributed by atoms with van der Waals surface area (Å²) in [5.41, 5.74) is -2.84. The average molecular weight is 299 g/mol. The monoisotopic (exact) mass is 299 g/mol. The first-order valence-electron chi connectivity index (χ1n) is 5.87. The van der Waals surface area contributed by atoms with E-state index in [-0.39, 0.29) is 16.7 Å². The Bertz CT molecular complexity index is 543. The van der Waals surface area contributed by atoms with E-state index < -0.39 is 11.6 Å². The van der Waals surface area contributed by atoms with Gasteiger partial charge in [-0.25, -0.2) is 0 Å². The van der Waals surface area contributed by atoms with Crippen molar-refractivity contribution in [1.82, 2.24) is 4.98 Å². The van der Waals surface area contributed by atoms with Gasteiger partial charge in [0.25, 0.3) is 0 Å². The molecule has 0 saturated carbocycles. The smallest absolute Gasteiger partial charge is 0.388 e. The van der Waals surface area contributed by atoms with Crippen LogP contribution >= 0.6 is 11.8 Å². The van der Waals surface area contributed by atoms with E-state index in [0.717, 1.165) is 5.56 Å². The van der Waals surface area contributed by atoms with E-state index in [4.69, 9.17) is 0 Å². The molecule has 1 aromatic carbocycles. The zero-order valence-electron chi connectivity index (χ0n) is 10.3. The van der Waals surface area contributed by atoms with Crippen LogP contribution in [-0.4, -0.2) is 15.6 Å². The normalized spacial score (nSPS) is 13.2. The SMILES string of the molecule is OC(Cc1cccnc1)c1ccc(SC(F)(F)F)cc1. The summed E-state index contributed by atoms with van der Waals surface area (Å²) in [5.74, 6) is 0. The van der Waals surface area contributed by atoms with Crippen LogP contribution in [0.15, 0.2) is 53.7 Å². The van der Waals surface area contributed by atoms with E-state index in [1.165, 1.54) is 24.3 Å². The molecular weight excluding hydrogens is 287 g/mol. The Labute approximate surface area is 118 Å². The Morgan fingerprint density at radius 3 is 2.40 bits per heavy atom. The van der Waals surface area contributed by atoms with E-state index in [0.29, 0.717) is 12.0 Å². The van der Waals surface area contributed by atoms with Crippen LogP contribution in [0.25, 0.3) is 0 Å². The number of nitrogens with zero attached hydrogens (tertiary/aromatic N) is 1. The van der Waals surface area contributed by atoms with Crippen molar-refractivity contribution in [3.05, 3.63) is 59.9 Å². The first-order valence-corrected chi connectivity index (χ1v) is 6.68. The molecule has 2 aromatic rings. The minimum atomic E-state index is -4.30. The van der Waals surface area contributed by atoms with Gasteiger partial charge in [-0.3, -0.25) is 4.98 Å². The van der Waals surface area contributed by atoms with Gasteiger partial charge >= 0.3 is 5.51 Å². The van der Waals surface area contributed by atoms with Crippen LogP contribution in [0.4, 0.5) is 13.2 Å². The summed E-state index contributed by atoms with van der Waals surface area (Å²) in [6.45, 7) is 0. The molecule has 106 valence electrons. The highest BCUT2D eigenvalue weighted by atomic mass is 32.2. The summed E-state index contributed by atoms with van der Waals surface area (Å²) in [6, 6.07) is 9.35. The van der Waals surface area contributed by atoms with Gasteiger partial charge in [0, 0.05) is 23.7 Å². The maximum atomic E-state index is 12.2. The van der Waals surface area contributed by atoms with Crippen LogP contribution in [0, 0.1) is 0 Å². The molecule has 0 amide bonds. The van der Waals surface area contributed by atoms with E-state index in [1.54, 1.807) is 18.5 Å². The molecule has 2 nitrogen and oxygen atoms in total. The summed E-state index contributed by atoms with van der Waals surface area (Å²) in [5, 5.41) is 10.0. The van der Waals surface area contributed by atoms with Gasteiger partial charge in [0.15, 0.2) is 0 Å². The number of aliphatic hydroxyl groups is 1. The second-order valence-electron chi connectivity index (χ2n) is 4.20. The summed E-state index contributed by atoms with van der Waals surface area (Å²) in [7, 11) is 0. The number of alkyl halides is 3. The minimum absolute atomic E-state index is 0.106. The number of aromatic nitrogens is 1. The molecule has 6 heteroatoms. The van der Waals surface area contributed by atoms with Crippen molar-refractivity contribution in [3.63, 3.8) is 0 Å². The molecule has 0 bridgehead atoms. The minimum Gasteiger partial charge on any atom is -0.388 e. The lowest BCUT2D eigenvalue weighted by Crippen LogP contribution is -2.02. The highest BCUT2D eigenvalue weighted by Gasteiger charge is 2.29. The van der Waals surface area contributed by atoms with Crippen molar-refractivity contribution in [2.24, 2.45) is 0 Å². The number of thioether (sulfide) groups is 1. The molecule has 0 aliphatic rings. The Morgan fingerprint density at radius 1 is 1.15 bits per heavy atom. The predicted molar refractivity (Wildman–Crippen MR) is 71.3 cm³/mol. The molecule has 1 atom stereocenters. The van der Waals surface area contributed by atoms with Crippen molar-refractivity contribution in [2.75, 3.05) is 0 Å². The Balaban J connectivity index is 2.02. The number of aliphatic hydroxyl groups excluding tert-OH is 1. The van der Waals surface area contributed by atoms with Crippen LogP contribution in [0.2, 0.25) is 0 Å². The van der Waals surface area contributed by atoms with Crippen LogP contribution in [0.1, 0.15) is 17.2 Å². The third kappa shape index (κ3) is 4.54. The van der Waals surface area contributed by atoms with E-state index in [2.05, 4.69) is 4.98 Å². The molecule has 0 aliphatic heterocycles. The third-order valence-corrected chi connectivity index (χ3v) is 3.39. The van der Waals surface area contributed by atoms with Gasteiger partial charge in [-0.15, -0.1) is 0 Å². The number of hydrogen-bond donors (Lipinski definition) is 1. The van der Waals surface area contributed by atoms with Crippen molar-refractivity contribution >= 4 is 11.8 Å². The van der Waals surface area contributed by atoms with Gasteiger partial charge < -0.3 is 5.11 Å². The first-order chi connectivity index (χ1) is 9.44. The molecule has 0 fully saturated rings. The summed E-state index contributed by atoms with van der Waals surface area (Å²) in [6.07, 6.45) is 2.90. The zero-order valence-corrected chi connectivity index (χ0v) is 11.2. The highest BCUT2D eigenvalue weighted by Crippen LogP contribution is 2.37. The second kappa shape index (κ2) is 6.28. The van der Waals surface area contributed by atoms with Gasteiger partial charge in [-0.1, -0.05) is 18.2 Å². The molecule has 1 heterocycles. The number of halogens is 3. The lowest BCUT2D eigenvalue weighted by atomic mass is 10.0. The first kappa shape index (κ1) is 14.9. The fourth-order valence-corrected chi connectivity index (χ4v) is 2.29. The van der Waals surface area contributed by atoms with E-state index in [9.17, 15) is 18.3 Å². The number of rotatable bonds is 4. The maximum absolute atomic E-state index is 12.2. The molecule has 2 rings (SSSR count). The number of hydrogen-bond acceptors (Lipinski definition) is 3. The van der Waals surface area contributed by atoms with Crippen LogP contribution in [0.3, 0.4) is 0 Å². The van der Waals surface area contributed by atoms with Gasteiger partial charge in [0.05, 0.1) is 6.10 Å². The van der Waals surface area contributed by atoms with Crippen LogP contribution in [0.5, 0.6) is 0 Å². The van der Waals surface area contributed by atoms with Crippen molar-refractivity contribution in [2.45, 2.75) is 22.9 Å². The van der Waals surface area contributed by atoms with Gasteiger partial charge in [-0.05, 0) is 41.1 Å². The molecule has 0 aliphatic carbocycles. The molecular formula is C14H12F3NOS. The average Bonchev–Trinajstić information content (AvgIpc) is 2.39. The quantitative estimate of drug-likeness (QED) is 0.867. The Hall–Kier alpha value is -1.53. The molecule has 20 heavy (non-hydrogen) atoms. The second-order valence-corrected chi connectivity index (χ2v) is 5.34. The van der Waals surface area contributed by atoms with Gasteiger partial charge in [0.1, 0.15) is 0 Å². The predicted octanol–water partition coefficient (Wildman–Crippen LogP) is 3.97. The molecule has 1 aromatic heterocycles. The van der Waals surface area contributed by atoms with Crippen LogP contribution < -0.4 is 0 Å². The molecule has 0 spiro atoms. The van der Waals surface area contributed by atoms with E-state index in [1.807, 2.05) is 6.07 Å². The standard InChI is InChI=1S/C14H12F3NOS/c15-14(16,17)20-12-5-3-11(4-6-12)13(19)8-10-2-1-7-18-9-10/h1-7,9,13,19H,8H2. The highest BCUT2D eigenvalue weighted by molar-refractivity contribution is 8.00. The third-order valence-electron chi connectivity index (χ3n) is 2.65. The lowest BCUT2D eigenvalue weighted by Gasteiger charge is -2.12. The largest absolute Gasteiger partial charge is 0.446 e. The molecule has 0 radical (unpaired) electrons. The van der Waals surface area contributed by atoms with Gasteiger partial charge in [-0.2, -0.15) is 13.2 Å². The Morgan fingerprint density at radius 2 is 1.85 bits per heavy atom. The molecule has 1 unspecified atom stereocenters. The van der Waals surface area contributed by atoms with Gasteiger partial charge in [0.2, 0.25) is 0 Å². The molecule has 1 N–H and O–H groups in total. The van der Waals surface area contributed by atoms with Crippen molar-refractivity contribution in [1.29, 1.82) is 0 Å². The maximum Gasteiger partial charge on any atom is 0.446 e. The Kier molecular flexibility index (Phi) is 4.67. The summed E-state index contributed by atoms with van der Waals surface area (Å²) < 4.78 is 36.6. The summed E-state index contributed by atoms with van der Waals surface area (Å²) in [4.78, 5) is 4.05. The number of pyridine rings is 1. The van der Waals surface area contributed by atoms with Crippen LogP contribution in [-0.2, 0) is 6.42 Å². The van der Waals surface area contributed by atoms with E-state index >= 15 is 0 Å². The topological polar surface area (TPSA) is 33.1 Å². The van der Waals surface area contributed by atoms with Crippen molar-refractivity contribution in [3.8, 4) is 0 Å².